The van der Waals surface area contributed by atoms with Crippen LogP contribution in [0.15, 0.2) is 24.3 Å². The number of rotatable bonds is 0. The van der Waals surface area contributed by atoms with Crippen molar-refractivity contribution >= 4 is 11.6 Å². The second kappa shape index (κ2) is 2.84. The molecular weight excluding hydrogens is 174 g/mol. The van der Waals surface area contributed by atoms with Gasteiger partial charge in [0.05, 0.1) is 0 Å². The number of amides is 1. The van der Waals surface area contributed by atoms with Crippen molar-refractivity contribution in [3.8, 4) is 0 Å². The Morgan fingerprint density at radius 3 is 2.86 bits per heavy atom. The first kappa shape index (κ1) is 8.04. The number of anilines is 1. The van der Waals surface area contributed by atoms with Gasteiger partial charge >= 0.3 is 0 Å². The van der Waals surface area contributed by atoms with Crippen molar-refractivity contribution in [3.05, 3.63) is 29.8 Å². The van der Waals surface area contributed by atoms with E-state index in [9.17, 15) is 4.79 Å². The Bertz CT molecular complexity index is 386. The molecule has 2 nitrogen and oxygen atoms in total. The molecule has 1 fully saturated rings. The quantitative estimate of drug-likeness (QED) is 0.664. The van der Waals surface area contributed by atoms with E-state index >= 15 is 0 Å². The number of fused-ring (bicyclic) bond motifs is 3. The third-order valence-electron chi connectivity index (χ3n) is 3.47. The van der Waals surface area contributed by atoms with Crippen molar-refractivity contribution in [3.63, 3.8) is 0 Å². The minimum Gasteiger partial charge on any atom is -0.326 e. The molecule has 14 heavy (non-hydrogen) atoms. The maximum Gasteiger partial charge on any atom is 0.228 e. The second-order valence-corrected chi connectivity index (χ2v) is 4.22. The van der Waals surface area contributed by atoms with Gasteiger partial charge in [0, 0.05) is 11.6 Å². The summed E-state index contributed by atoms with van der Waals surface area (Å²) in [6, 6.07) is 8.19. The van der Waals surface area contributed by atoms with Crippen LogP contribution in [0.25, 0.3) is 0 Å². The van der Waals surface area contributed by atoms with E-state index in [-0.39, 0.29) is 11.8 Å². The van der Waals surface area contributed by atoms with Crippen LogP contribution in [0.4, 0.5) is 5.69 Å². The average Bonchev–Trinajstić information content (AvgIpc) is 2.67. The van der Waals surface area contributed by atoms with E-state index in [1.165, 1.54) is 18.4 Å². The fourth-order valence-corrected chi connectivity index (χ4v) is 2.81. The molecule has 1 amide bonds. The molecule has 2 atom stereocenters. The SMILES string of the molecule is O=C1Nc2ccccc2C2CCCC12. The Morgan fingerprint density at radius 1 is 1.14 bits per heavy atom. The van der Waals surface area contributed by atoms with E-state index < -0.39 is 0 Å². The van der Waals surface area contributed by atoms with E-state index in [2.05, 4.69) is 17.4 Å². The summed E-state index contributed by atoms with van der Waals surface area (Å²) in [6.07, 6.45) is 3.43. The summed E-state index contributed by atoms with van der Waals surface area (Å²) in [7, 11) is 0. The molecule has 0 saturated heterocycles. The molecule has 2 heteroatoms. The molecule has 1 aromatic rings. The maximum atomic E-state index is 11.7. The number of nitrogens with one attached hydrogen (secondary N) is 1. The van der Waals surface area contributed by atoms with Crippen molar-refractivity contribution in [1.29, 1.82) is 0 Å². The molecular formula is C12H13NO. The van der Waals surface area contributed by atoms with Crippen LogP contribution >= 0.6 is 0 Å². The Hall–Kier alpha value is -1.31. The van der Waals surface area contributed by atoms with Gasteiger partial charge in [-0.3, -0.25) is 4.79 Å². The van der Waals surface area contributed by atoms with Crippen LogP contribution in [0.3, 0.4) is 0 Å². The summed E-state index contributed by atoms with van der Waals surface area (Å²) in [5, 5.41) is 2.99. The third-order valence-corrected chi connectivity index (χ3v) is 3.47. The van der Waals surface area contributed by atoms with Crippen LogP contribution in [0.5, 0.6) is 0 Å². The fraction of sp³-hybridized carbons (Fsp3) is 0.417. The van der Waals surface area contributed by atoms with Crippen molar-refractivity contribution < 1.29 is 4.79 Å². The van der Waals surface area contributed by atoms with Crippen molar-refractivity contribution in [2.24, 2.45) is 5.92 Å². The zero-order valence-electron chi connectivity index (χ0n) is 7.99. The molecule has 1 aliphatic carbocycles. The molecule has 72 valence electrons. The summed E-state index contributed by atoms with van der Waals surface area (Å²) in [5.41, 5.74) is 2.37. The normalized spacial score (nSPS) is 29.3. The van der Waals surface area contributed by atoms with Gasteiger partial charge in [0.1, 0.15) is 0 Å². The van der Waals surface area contributed by atoms with Crippen molar-refractivity contribution in [2.75, 3.05) is 5.32 Å². The molecule has 2 aliphatic rings. The Morgan fingerprint density at radius 2 is 1.93 bits per heavy atom. The Balaban J connectivity index is 2.11. The van der Waals surface area contributed by atoms with Gasteiger partial charge in [-0.05, 0) is 30.4 Å². The number of hydrogen-bond acceptors (Lipinski definition) is 1. The van der Waals surface area contributed by atoms with Crippen LogP contribution in [-0.4, -0.2) is 5.91 Å². The average molecular weight is 187 g/mol. The lowest BCUT2D eigenvalue weighted by atomic mass is 9.84. The number of carbonyl (C=O) groups excluding carboxylic acids is 1. The molecule has 1 heterocycles. The molecule has 1 N–H and O–H groups in total. The lowest BCUT2D eigenvalue weighted by Crippen LogP contribution is -2.30. The largest absolute Gasteiger partial charge is 0.326 e. The smallest absolute Gasteiger partial charge is 0.228 e. The standard InChI is InChI=1S/C12H13NO/c14-12-10-6-3-5-8(10)9-4-1-2-7-11(9)13-12/h1-2,4,7-8,10H,3,5-6H2,(H,13,14). The van der Waals surface area contributed by atoms with E-state index in [1.54, 1.807) is 0 Å². The van der Waals surface area contributed by atoms with E-state index in [0.717, 1.165) is 12.1 Å². The number of carbonyl (C=O) groups is 1. The van der Waals surface area contributed by atoms with Crippen molar-refractivity contribution in [1.82, 2.24) is 0 Å². The minimum atomic E-state index is 0.228. The van der Waals surface area contributed by atoms with E-state index in [4.69, 9.17) is 0 Å². The van der Waals surface area contributed by atoms with Gasteiger partial charge in [-0.1, -0.05) is 24.6 Å². The highest BCUT2D eigenvalue weighted by Crippen LogP contribution is 2.45. The van der Waals surface area contributed by atoms with Gasteiger partial charge in [-0.15, -0.1) is 0 Å². The molecule has 0 spiro atoms. The number of hydrogen-bond donors (Lipinski definition) is 1. The summed E-state index contributed by atoms with van der Waals surface area (Å²) in [5.74, 6) is 0.955. The highest BCUT2D eigenvalue weighted by Gasteiger charge is 2.38. The van der Waals surface area contributed by atoms with Gasteiger partial charge in [0.2, 0.25) is 5.91 Å². The molecule has 1 saturated carbocycles. The molecule has 0 radical (unpaired) electrons. The monoisotopic (exact) mass is 187 g/mol. The molecule has 1 aliphatic heterocycles. The van der Waals surface area contributed by atoms with Gasteiger partial charge in [-0.2, -0.15) is 0 Å². The summed E-state index contributed by atoms with van der Waals surface area (Å²) in [4.78, 5) is 11.7. The third kappa shape index (κ3) is 0.999. The minimum absolute atomic E-state index is 0.228. The molecule has 0 bridgehead atoms. The summed E-state index contributed by atoms with van der Waals surface area (Å²) in [6.45, 7) is 0. The molecule has 0 aromatic heterocycles. The topological polar surface area (TPSA) is 29.1 Å². The first-order chi connectivity index (χ1) is 6.86. The van der Waals surface area contributed by atoms with E-state index in [1.807, 2.05) is 12.1 Å². The molecule has 2 unspecified atom stereocenters. The fourth-order valence-electron chi connectivity index (χ4n) is 2.81. The summed E-state index contributed by atoms with van der Waals surface area (Å²) < 4.78 is 0. The Labute approximate surface area is 83.3 Å². The molecule has 1 aromatic carbocycles. The predicted octanol–water partition coefficient (Wildman–Crippen LogP) is 2.52. The summed E-state index contributed by atoms with van der Waals surface area (Å²) >= 11 is 0. The van der Waals surface area contributed by atoms with Crippen LogP contribution in [0.2, 0.25) is 0 Å². The zero-order valence-corrected chi connectivity index (χ0v) is 7.99. The number of para-hydroxylation sites is 1. The van der Waals surface area contributed by atoms with Gasteiger partial charge < -0.3 is 5.32 Å². The van der Waals surface area contributed by atoms with Gasteiger partial charge in [0.15, 0.2) is 0 Å². The lowest BCUT2D eigenvalue weighted by molar-refractivity contribution is -0.120. The van der Waals surface area contributed by atoms with Crippen LogP contribution in [-0.2, 0) is 4.79 Å². The Kier molecular flexibility index (Phi) is 1.63. The van der Waals surface area contributed by atoms with E-state index in [0.29, 0.717) is 5.92 Å². The first-order valence-electron chi connectivity index (χ1n) is 5.26. The number of benzene rings is 1. The molecule has 3 rings (SSSR count). The second-order valence-electron chi connectivity index (χ2n) is 4.22. The van der Waals surface area contributed by atoms with Crippen LogP contribution in [0.1, 0.15) is 30.7 Å². The first-order valence-corrected chi connectivity index (χ1v) is 5.26. The highest BCUT2D eigenvalue weighted by atomic mass is 16.2. The predicted molar refractivity (Wildman–Crippen MR) is 55.2 cm³/mol. The van der Waals surface area contributed by atoms with Crippen LogP contribution in [0, 0.1) is 5.92 Å². The maximum absolute atomic E-state index is 11.7. The van der Waals surface area contributed by atoms with Gasteiger partial charge in [0.25, 0.3) is 0 Å². The lowest BCUT2D eigenvalue weighted by Gasteiger charge is -2.27. The zero-order chi connectivity index (χ0) is 9.54. The van der Waals surface area contributed by atoms with Gasteiger partial charge in [-0.25, -0.2) is 0 Å². The highest BCUT2D eigenvalue weighted by molar-refractivity contribution is 5.96. The van der Waals surface area contributed by atoms with Crippen LogP contribution < -0.4 is 5.32 Å². The van der Waals surface area contributed by atoms with Crippen molar-refractivity contribution in [2.45, 2.75) is 25.2 Å².